The molecule has 0 aromatic carbocycles. The van der Waals surface area contributed by atoms with Crippen molar-refractivity contribution in [1.82, 2.24) is 0 Å². The molecule has 0 unspecified atom stereocenters. The Hall–Kier alpha value is 0.0738. The summed E-state index contributed by atoms with van der Waals surface area (Å²) in [4.78, 5) is 0. The largest absolute Gasteiger partial charge is 0.427 e. The van der Waals surface area contributed by atoms with Crippen molar-refractivity contribution in [2.75, 3.05) is 13.7 Å². The van der Waals surface area contributed by atoms with Crippen molar-refractivity contribution >= 4 is 17.8 Å². The summed E-state index contributed by atoms with van der Waals surface area (Å²) in [6.45, 7) is 4.75. The average Bonchev–Trinajstić information content (AvgIpc) is 2.27. The molecule has 8 heteroatoms. The van der Waals surface area contributed by atoms with Gasteiger partial charge >= 0.3 is 12.0 Å². The Morgan fingerprint density at radius 1 is 1.11 bits per heavy atom. The first-order valence-corrected chi connectivity index (χ1v) is 11.5. The van der Waals surface area contributed by atoms with Crippen molar-refractivity contribution in [1.29, 1.82) is 0 Å². The van der Waals surface area contributed by atoms with E-state index in [1.54, 1.807) is 7.11 Å². The van der Waals surface area contributed by atoms with Crippen molar-refractivity contribution in [3.05, 3.63) is 0 Å². The summed E-state index contributed by atoms with van der Waals surface area (Å²) < 4.78 is 62.0. The van der Waals surface area contributed by atoms with Crippen LogP contribution in [0.3, 0.4) is 0 Å². The Bertz CT molecular complexity index is 263. The van der Waals surface area contributed by atoms with Crippen LogP contribution in [0.15, 0.2) is 0 Å². The standard InChI is InChI=1S/C11H24F4O2Si2/c1-5-17-11(14,15)10(12,13)6-8-19(3,4)9-7-18-16-2/h5-9,18H2,1-4H3. The molecule has 0 N–H and O–H groups in total. The molecule has 0 amide bonds. The Balaban J connectivity index is 4.35. The summed E-state index contributed by atoms with van der Waals surface area (Å²) in [5.41, 5.74) is 0. The third-order valence-electron chi connectivity index (χ3n) is 3.07. The van der Waals surface area contributed by atoms with Crippen LogP contribution in [0.25, 0.3) is 0 Å². The molecule has 0 aliphatic rings. The molecule has 0 aliphatic heterocycles. The van der Waals surface area contributed by atoms with E-state index in [0.717, 1.165) is 12.1 Å². The maximum absolute atomic E-state index is 13.4. The van der Waals surface area contributed by atoms with Crippen LogP contribution in [0.1, 0.15) is 13.3 Å². The number of hydrogen-bond donors (Lipinski definition) is 0. The highest BCUT2D eigenvalue weighted by atomic mass is 28.3. The van der Waals surface area contributed by atoms with Crippen LogP contribution in [0, 0.1) is 0 Å². The summed E-state index contributed by atoms with van der Waals surface area (Å²) in [5.74, 6) is -4.09. The molecule has 0 atom stereocenters. The topological polar surface area (TPSA) is 18.5 Å². The molecular formula is C11H24F4O2Si2. The SMILES string of the molecule is CCOC(F)(F)C(F)(F)CC[Si](C)(C)CC[SiH2]OC. The third-order valence-corrected chi connectivity index (χ3v) is 8.14. The third kappa shape index (κ3) is 6.87. The summed E-state index contributed by atoms with van der Waals surface area (Å²) >= 11 is 0. The predicted molar refractivity (Wildman–Crippen MR) is 73.6 cm³/mol. The summed E-state index contributed by atoms with van der Waals surface area (Å²) in [6.07, 6.45) is -5.18. The molecule has 0 saturated heterocycles. The van der Waals surface area contributed by atoms with E-state index in [2.05, 4.69) is 4.74 Å². The number of rotatable bonds is 10. The molecular weight excluding hydrogens is 296 g/mol. The Morgan fingerprint density at radius 2 is 1.68 bits per heavy atom. The smallest absolute Gasteiger partial charge is 0.419 e. The first kappa shape index (κ1) is 19.1. The fraction of sp³-hybridized carbons (Fsp3) is 1.00. The minimum Gasteiger partial charge on any atom is -0.427 e. The van der Waals surface area contributed by atoms with Gasteiger partial charge in [-0.2, -0.15) is 17.6 Å². The highest BCUT2D eigenvalue weighted by molar-refractivity contribution is 6.77. The van der Waals surface area contributed by atoms with E-state index in [1.165, 1.54) is 6.92 Å². The van der Waals surface area contributed by atoms with Gasteiger partial charge in [-0.1, -0.05) is 25.2 Å². The fourth-order valence-corrected chi connectivity index (χ4v) is 7.68. The van der Waals surface area contributed by atoms with Crippen LogP contribution in [0.2, 0.25) is 31.2 Å². The van der Waals surface area contributed by atoms with Crippen molar-refractivity contribution in [2.24, 2.45) is 0 Å². The van der Waals surface area contributed by atoms with Crippen molar-refractivity contribution in [3.8, 4) is 0 Å². The lowest BCUT2D eigenvalue weighted by molar-refractivity contribution is -0.346. The molecule has 0 aromatic heterocycles. The Labute approximate surface area is 115 Å². The molecule has 2 nitrogen and oxygen atoms in total. The van der Waals surface area contributed by atoms with Gasteiger partial charge in [0.05, 0.1) is 6.61 Å². The lowest BCUT2D eigenvalue weighted by atomic mass is 10.2. The molecule has 0 rings (SSSR count). The van der Waals surface area contributed by atoms with Crippen molar-refractivity contribution < 1.29 is 26.7 Å². The second-order valence-electron chi connectivity index (χ2n) is 5.41. The highest BCUT2D eigenvalue weighted by Crippen LogP contribution is 2.40. The van der Waals surface area contributed by atoms with Crippen LogP contribution in [-0.4, -0.2) is 43.6 Å². The van der Waals surface area contributed by atoms with E-state index >= 15 is 0 Å². The lowest BCUT2D eigenvalue weighted by Crippen LogP contribution is -2.44. The van der Waals surface area contributed by atoms with Gasteiger partial charge in [-0.25, -0.2) is 0 Å². The van der Waals surface area contributed by atoms with Gasteiger partial charge in [-0.05, 0) is 13.0 Å². The summed E-state index contributed by atoms with van der Waals surface area (Å²) in [6, 6.07) is 1.94. The second-order valence-corrected chi connectivity index (χ2v) is 12.4. The van der Waals surface area contributed by atoms with Crippen LogP contribution < -0.4 is 0 Å². The molecule has 0 heterocycles. The van der Waals surface area contributed by atoms with Crippen molar-refractivity contribution in [3.63, 3.8) is 0 Å². The molecule has 0 fully saturated rings. The molecule has 0 spiro atoms. The van der Waals surface area contributed by atoms with Crippen LogP contribution in [0.5, 0.6) is 0 Å². The van der Waals surface area contributed by atoms with E-state index in [-0.39, 0.29) is 6.04 Å². The first-order valence-electron chi connectivity index (χ1n) is 6.46. The van der Waals surface area contributed by atoms with Crippen LogP contribution in [-0.2, 0) is 9.16 Å². The maximum Gasteiger partial charge on any atom is 0.419 e. The van der Waals surface area contributed by atoms with Crippen molar-refractivity contribution in [2.45, 2.75) is 56.6 Å². The summed E-state index contributed by atoms with van der Waals surface area (Å²) in [5, 5.41) is 0. The number of halogens is 4. The molecule has 0 bridgehead atoms. The molecule has 116 valence electrons. The minimum atomic E-state index is -4.37. The quantitative estimate of drug-likeness (QED) is 0.348. The zero-order chi connectivity index (χ0) is 15.2. The van der Waals surface area contributed by atoms with Gasteiger partial charge in [-0.15, -0.1) is 0 Å². The lowest BCUT2D eigenvalue weighted by Gasteiger charge is -2.29. The number of hydrogen-bond acceptors (Lipinski definition) is 2. The fourth-order valence-electron chi connectivity index (χ4n) is 1.75. The van der Waals surface area contributed by atoms with Gasteiger partial charge in [0.2, 0.25) is 0 Å². The first-order chi connectivity index (χ1) is 8.58. The van der Waals surface area contributed by atoms with Gasteiger partial charge in [-0.3, -0.25) is 0 Å². The monoisotopic (exact) mass is 320 g/mol. The van der Waals surface area contributed by atoms with Gasteiger partial charge in [0, 0.05) is 21.6 Å². The number of alkyl halides is 4. The van der Waals surface area contributed by atoms with Gasteiger partial charge in [0.15, 0.2) is 9.76 Å². The van der Waals surface area contributed by atoms with E-state index < -0.39 is 42.9 Å². The predicted octanol–water partition coefficient (Wildman–Crippen LogP) is 3.50. The Kier molecular flexibility index (Phi) is 7.78. The maximum atomic E-state index is 13.4. The van der Waals surface area contributed by atoms with E-state index in [4.69, 9.17) is 4.43 Å². The molecule has 0 radical (unpaired) electrons. The highest BCUT2D eigenvalue weighted by Gasteiger charge is 2.57. The molecule has 0 aliphatic carbocycles. The summed E-state index contributed by atoms with van der Waals surface area (Å²) in [7, 11) is -0.800. The molecule has 0 saturated carbocycles. The minimum absolute atomic E-state index is 0.167. The molecule has 19 heavy (non-hydrogen) atoms. The van der Waals surface area contributed by atoms with E-state index in [9.17, 15) is 17.6 Å². The van der Waals surface area contributed by atoms with Gasteiger partial charge < -0.3 is 9.16 Å². The normalized spacial score (nSPS) is 14.5. The molecule has 0 aromatic rings. The zero-order valence-electron chi connectivity index (χ0n) is 12.1. The van der Waals surface area contributed by atoms with Crippen LogP contribution >= 0.6 is 0 Å². The zero-order valence-corrected chi connectivity index (χ0v) is 14.5. The van der Waals surface area contributed by atoms with Gasteiger partial charge in [0.25, 0.3) is 0 Å². The van der Waals surface area contributed by atoms with Crippen LogP contribution in [0.4, 0.5) is 17.6 Å². The number of ether oxygens (including phenoxy) is 1. The average molecular weight is 320 g/mol. The van der Waals surface area contributed by atoms with Gasteiger partial charge in [0.1, 0.15) is 0 Å². The second kappa shape index (κ2) is 7.75. The Morgan fingerprint density at radius 3 is 2.16 bits per heavy atom. The van der Waals surface area contributed by atoms with E-state index in [0.29, 0.717) is 0 Å². The van der Waals surface area contributed by atoms with E-state index in [1.807, 2.05) is 13.1 Å².